The van der Waals surface area contributed by atoms with E-state index in [0.717, 1.165) is 6.54 Å². The summed E-state index contributed by atoms with van der Waals surface area (Å²) in [7, 11) is 0. The van der Waals surface area contributed by atoms with Crippen LogP contribution in [0, 0.1) is 0 Å². The fourth-order valence-electron chi connectivity index (χ4n) is 2.31. The minimum atomic E-state index is 0.674. The molecule has 1 aromatic heterocycles. The van der Waals surface area contributed by atoms with Gasteiger partial charge in [-0.1, -0.05) is 6.42 Å². The fraction of sp³-hybridized carbons (Fsp3) is 0.667. The highest BCUT2D eigenvalue weighted by Gasteiger charge is 2.23. The van der Waals surface area contributed by atoms with Crippen LogP contribution in [0.1, 0.15) is 38.7 Å². The number of hydrogen-bond acceptors (Lipinski definition) is 3. The van der Waals surface area contributed by atoms with Gasteiger partial charge in [-0.25, -0.2) is 5.01 Å². The zero-order valence-corrected chi connectivity index (χ0v) is 10.4. The lowest BCUT2D eigenvalue weighted by Gasteiger charge is -2.39. The van der Waals surface area contributed by atoms with Gasteiger partial charge < -0.3 is 0 Å². The van der Waals surface area contributed by atoms with Crippen LogP contribution in [-0.2, 0) is 6.54 Å². The van der Waals surface area contributed by atoms with Gasteiger partial charge in [-0.2, -0.15) is 11.3 Å². The van der Waals surface area contributed by atoms with Crippen molar-refractivity contribution in [3.63, 3.8) is 0 Å². The highest BCUT2D eigenvalue weighted by molar-refractivity contribution is 7.07. The van der Waals surface area contributed by atoms with E-state index in [0.29, 0.717) is 12.1 Å². The minimum absolute atomic E-state index is 0.674. The van der Waals surface area contributed by atoms with Crippen LogP contribution in [0.4, 0.5) is 0 Å². The highest BCUT2D eigenvalue weighted by atomic mass is 32.1. The monoisotopic (exact) mass is 224 g/mol. The summed E-state index contributed by atoms with van der Waals surface area (Å²) in [5.74, 6) is 0. The van der Waals surface area contributed by atoms with E-state index in [4.69, 9.17) is 0 Å². The van der Waals surface area contributed by atoms with Gasteiger partial charge in [0.05, 0.1) is 0 Å². The lowest BCUT2D eigenvalue weighted by Crippen LogP contribution is -2.51. The normalized spacial score (nSPS) is 28.1. The van der Waals surface area contributed by atoms with Crippen molar-refractivity contribution in [3.05, 3.63) is 22.4 Å². The molecule has 1 fully saturated rings. The molecule has 3 heteroatoms. The average molecular weight is 224 g/mol. The van der Waals surface area contributed by atoms with Crippen molar-refractivity contribution >= 4 is 11.3 Å². The second kappa shape index (κ2) is 5.10. The average Bonchev–Trinajstić information content (AvgIpc) is 2.70. The van der Waals surface area contributed by atoms with Crippen LogP contribution in [0.3, 0.4) is 0 Å². The smallest absolute Gasteiger partial charge is 0.0361 e. The van der Waals surface area contributed by atoms with Crippen LogP contribution in [0.2, 0.25) is 0 Å². The van der Waals surface area contributed by atoms with Gasteiger partial charge in [0, 0.05) is 18.6 Å². The molecule has 1 aliphatic heterocycles. The zero-order chi connectivity index (χ0) is 10.7. The van der Waals surface area contributed by atoms with Crippen molar-refractivity contribution in [3.8, 4) is 0 Å². The third-order valence-corrected chi connectivity index (χ3v) is 3.97. The molecule has 0 amide bonds. The van der Waals surface area contributed by atoms with Crippen LogP contribution in [0.15, 0.2) is 16.8 Å². The first-order valence-electron chi connectivity index (χ1n) is 5.80. The third-order valence-electron chi connectivity index (χ3n) is 3.24. The maximum Gasteiger partial charge on any atom is 0.0361 e. The molecule has 2 unspecified atom stereocenters. The van der Waals surface area contributed by atoms with E-state index in [9.17, 15) is 0 Å². The summed E-state index contributed by atoms with van der Waals surface area (Å²) in [6.07, 6.45) is 4.01. The number of hydrazine groups is 1. The number of piperidine rings is 1. The van der Waals surface area contributed by atoms with Crippen molar-refractivity contribution in [2.75, 3.05) is 0 Å². The lowest BCUT2D eigenvalue weighted by atomic mass is 10.00. The molecule has 2 heterocycles. The number of nitrogens with zero attached hydrogens (tertiary/aromatic N) is 1. The second-order valence-electron chi connectivity index (χ2n) is 4.50. The SMILES string of the molecule is CC1CCCC(C)N1NCc1ccsc1. The van der Waals surface area contributed by atoms with Gasteiger partial charge in [0.2, 0.25) is 0 Å². The predicted molar refractivity (Wildman–Crippen MR) is 65.8 cm³/mol. The maximum absolute atomic E-state index is 3.56. The van der Waals surface area contributed by atoms with Crippen LogP contribution >= 0.6 is 11.3 Å². The van der Waals surface area contributed by atoms with Crippen molar-refractivity contribution < 1.29 is 0 Å². The molecule has 2 rings (SSSR count). The molecule has 0 spiro atoms. The molecule has 0 aliphatic carbocycles. The van der Waals surface area contributed by atoms with Gasteiger partial charge in [0.15, 0.2) is 0 Å². The van der Waals surface area contributed by atoms with Gasteiger partial charge >= 0.3 is 0 Å². The Hall–Kier alpha value is -0.380. The Morgan fingerprint density at radius 1 is 1.40 bits per heavy atom. The summed E-state index contributed by atoms with van der Waals surface area (Å²) in [6.45, 7) is 5.60. The Kier molecular flexibility index (Phi) is 3.78. The standard InChI is InChI=1S/C12H20N2S/c1-10-4-3-5-11(2)14(10)13-8-12-6-7-15-9-12/h6-7,9-11,13H,3-5,8H2,1-2H3. The van der Waals surface area contributed by atoms with Crippen molar-refractivity contribution in [2.45, 2.75) is 51.7 Å². The van der Waals surface area contributed by atoms with Crippen molar-refractivity contribution in [1.29, 1.82) is 0 Å². The van der Waals surface area contributed by atoms with E-state index in [-0.39, 0.29) is 0 Å². The first kappa shape index (κ1) is 11.1. The number of nitrogens with one attached hydrogen (secondary N) is 1. The molecule has 1 aliphatic rings. The molecule has 0 radical (unpaired) electrons. The summed E-state index contributed by atoms with van der Waals surface area (Å²) < 4.78 is 0. The Bertz CT molecular complexity index is 274. The van der Waals surface area contributed by atoms with Gasteiger partial charge in [-0.3, -0.25) is 5.43 Å². The van der Waals surface area contributed by atoms with Crippen LogP contribution in [-0.4, -0.2) is 17.1 Å². The Morgan fingerprint density at radius 3 is 2.73 bits per heavy atom. The number of thiophene rings is 1. The summed E-state index contributed by atoms with van der Waals surface area (Å²) in [5, 5.41) is 6.79. The van der Waals surface area contributed by atoms with Crippen LogP contribution in [0.5, 0.6) is 0 Å². The Labute approximate surface area is 96.3 Å². The largest absolute Gasteiger partial charge is 0.250 e. The molecule has 1 N–H and O–H groups in total. The number of rotatable bonds is 3. The van der Waals surface area contributed by atoms with E-state index in [1.54, 1.807) is 11.3 Å². The van der Waals surface area contributed by atoms with Crippen LogP contribution < -0.4 is 5.43 Å². The number of hydrogen-bond donors (Lipinski definition) is 1. The summed E-state index contributed by atoms with van der Waals surface area (Å²) in [5.41, 5.74) is 4.96. The van der Waals surface area contributed by atoms with Gasteiger partial charge in [0.1, 0.15) is 0 Å². The first-order chi connectivity index (χ1) is 7.27. The summed E-state index contributed by atoms with van der Waals surface area (Å²) in [6, 6.07) is 3.54. The van der Waals surface area contributed by atoms with Crippen molar-refractivity contribution in [1.82, 2.24) is 10.4 Å². The molecule has 2 nitrogen and oxygen atoms in total. The third kappa shape index (κ3) is 2.80. The molecule has 84 valence electrons. The molecule has 15 heavy (non-hydrogen) atoms. The highest BCUT2D eigenvalue weighted by Crippen LogP contribution is 2.20. The van der Waals surface area contributed by atoms with E-state index >= 15 is 0 Å². The topological polar surface area (TPSA) is 15.3 Å². The van der Waals surface area contributed by atoms with Crippen LogP contribution in [0.25, 0.3) is 0 Å². The fourth-order valence-corrected chi connectivity index (χ4v) is 2.98. The maximum atomic E-state index is 3.56. The molecular weight excluding hydrogens is 204 g/mol. The predicted octanol–water partition coefficient (Wildman–Crippen LogP) is 3.02. The second-order valence-corrected chi connectivity index (χ2v) is 5.28. The Balaban J connectivity index is 1.86. The molecule has 2 atom stereocenters. The summed E-state index contributed by atoms with van der Waals surface area (Å²) in [4.78, 5) is 0. The Morgan fingerprint density at radius 2 is 2.13 bits per heavy atom. The van der Waals surface area contributed by atoms with E-state index in [1.807, 2.05) is 0 Å². The van der Waals surface area contributed by atoms with E-state index < -0.39 is 0 Å². The quantitative estimate of drug-likeness (QED) is 0.849. The minimum Gasteiger partial charge on any atom is -0.250 e. The molecule has 0 aromatic carbocycles. The molecule has 0 bridgehead atoms. The van der Waals surface area contributed by atoms with E-state index in [1.165, 1.54) is 24.8 Å². The van der Waals surface area contributed by atoms with E-state index in [2.05, 4.69) is 41.1 Å². The molecular formula is C12H20N2S. The van der Waals surface area contributed by atoms with Gasteiger partial charge in [-0.15, -0.1) is 0 Å². The van der Waals surface area contributed by atoms with Gasteiger partial charge in [-0.05, 0) is 49.1 Å². The molecule has 0 saturated carbocycles. The molecule has 1 saturated heterocycles. The lowest BCUT2D eigenvalue weighted by molar-refractivity contribution is 0.0436. The first-order valence-corrected chi connectivity index (χ1v) is 6.74. The van der Waals surface area contributed by atoms with Gasteiger partial charge in [0.25, 0.3) is 0 Å². The summed E-state index contributed by atoms with van der Waals surface area (Å²) >= 11 is 1.77. The molecule has 1 aromatic rings. The zero-order valence-electron chi connectivity index (χ0n) is 9.57. The van der Waals surface area contributed by atoms with Crippen molar-refractivity contribution in [2.24, 2.45) is 0 Å².